The molecular formula is C18H32N2O. The molecule has 4 aliphatic carbocycles. The molecule has 0 radical (unpaired) electrons. The van der Waals surface area contributed by atoms with E-state index in [1.807, 2.05) is 25.8 Å². The Labute approximate surface area is 129 Å². The first-order valence-electron chi connectivity index (χ1n) is 8.84. The Hall–Kier alpha value is -0.570. The fourth-order valence-electron chi connectivity index (χ4n) is 6.05. The topological polar surface area (TPSA) is 32.3 Å². The van der Waals surface area contributed by atoms with Crippen molar-refractivity contribution in [2.45, 2.75) is 64.8 Å². The molecular weight excluding hydrogens is 260 g/mol. The van der Waals surface area contributed by atoms with Gasteiger partial charge in [0.2, 0.25) is 5.91 Å². The predicted octanol–water partition coefficient (Wildman–Crippen LogP) is 3.05. The number of nitrogens with one attached hydrogen (secondary N) is 1. The van der Waals surface area contributed by atoms with Crippen LogP contribution >= 0.6 is 0 Å². The monoisotopic (exact) mass is 292 g/mol. The number of amides is 1. The molecule has 4 aliphatic rings. The number of carbonyl (C=O) groups is 1. The summed E-state index contributed by atoms with van der Waals surface area (Å²) >= 11 is 0. The molecule has 4 saturated carbocycles. The zero-order valence-corrected chi connectivity index (χ0v) is 14.2. The summed E-state index contributed by atoms with van der Waals surface area (Å²) in [6, 6.07) is 0. The third kappa shape index (κ3) is 2.86. The standard InChI is InChI=1S/C18H32N2O/c1-5-19-17(2,3)16(21)20(4)12-18-9-13-6-14(10-18)8-15(7-13)11-18/h13-15,19H,5-12H2,1-4H3. The predicted molar refractivity (Wildman–Crippen MR) is 86.0 cm³/mol. The number of likely N-dealkylation sites (N-methyl/N-ethyl adjacent to an activating group) is 2. The van der Waals surface area contributed by atoms with Gasteiger partial charge in [0.15, 0.2) is 0 Å². The Morgan fingerprint density at radius 2 is 1.62 bits per heavy atom. The molecule has 0 aromatic carbocycles. The van der Waals surface area contributed by atoms with Crippen LogP contribution in [-0.4, -0.2) is 36.5 Å². The van der Waals surface area contributed by atoms with Gasteiger partial charge in [-0.15, -0.1) is 0 Å². The molecule has 4 bridgehead atoms. The van der Waals surface area contributed by atoms with Crippen molar-refractivity contribution in [3.63, 3.8) is 0 Å². The first kappa shape index (κ1) is 15.3. The zero-order chi connectivity index (χ0) is 15.3. The van der Waals surface area contributed by atoms with Gasteiger partial charge >= 0.3 is 0 Å². The van der Waals surface area contributed by atoms with Gasteiger partial charge < -0.3 is 10.2 Å². The number of hydrogen-bond acceptors (Lipinski definition) is 2. The molecule has 0 heterocycles. The van der Waals surface area contributed by atoms with E-state index in [1.165, 1.54) is 38.5 Å². The Morgan fingerprint density at radius 3 is 2.05 bits per heavy atom. The Kier molecular flexibility index (Phi) is 3.84. The van der Waals surface area contributed by atoms with E-state index in [4.69, 9.17) is 0 Å². The van der Waals surface area contributed by atoms with Crippen LogP contribution in [0.25, 0.3) is 0 Å². The minimum Gasteiger partial charge on any atom is -0.344 e. The lowest BCUT2D eigenvalue weighted by atomic mass is 9.49. The van der Waals surface area contributed by atoms with Crippen LogP contribution < -0.4 is 5.32 Å². The van der Waals surface area contributed by atoms with Crippen LogP contribution in [0, 0.1) is 23.2 Å². The highest BCUT2D eigenvalue weighted by Gasteiger charge is 2.51. The van der Waals surface area contributed by atoms with Crippen LogP contribution in [0.3, 0.4) is 0 Å². The van der Waals surface area contributed by atoms with Crippen molar-refractivity contribution < 1.29 is 4.79 Å². The van der Waals surface area contributed by atoms with Crippen molar-refractivity contribution in [3.8, 4) is 0 Å². The van der Waals surface area contributed by atoms with Crippen LogP contribution in [0.15, 0.2) is 0 Å². The fourth-order valence-corrected chi connectivity index (χ4v) is 6.05. The summed E-state index contributed by atoms with van der Waals surface area (Å²) in [6.45, 7) is 7.90. The maximum Gasteiger partial charge on any atom is 0.242 e. The van der Waals surface area contributed by atoms with E-state index < -0.39 is 5.54 Å². The lowest BCUT2D eigenvalue weighted by Crippen LogP contribution is -2.57. The van der Waals surface area contributed by atoms with E-state index in [2.05, 4.69) is 12.2 Å². The molecule has 0 aliphatic heterocycles. The highest BCUT2D eigenvalue weighted by Crippen LogP contribution is 2.60. The van der Waals surface area contributed by atoms with Crippen molar-refractivity contribution in [3.05, 3.63) is 0 Å². The summed E-state index contributed by atoms with van der Waals surface area (Å²) in [6.07, 6.45) is 8.54. The van der Waals surface area contributed by atoms with E-state index in [0.717, 1.165) is 30.8 Å². The van der Waals surface area contributed by atoms with Gasteiger partial charge in [0.05, 0.1) is 5.54 Å². The highest BCUT2D eigenvalue weighted by atomic mass is 16.2. The van der Waals surface area contributed by atoms with Crippen molar-refractivity contribution in [2.75, 3.05) is 20.1 Å². The smallest absolute Gasteiger partial charge is 0.242 e. The van der Waals surface area contributed by atoms with Crippen molar-refractivity contribution >= 4 is 5.91 Å². The Balaban J connectivity index is 1.67. The second-order valence-electron chi connectivity index (χ2n) is 8.73. The highest BCUT2D eigenvalue weighted by molar-refractivity contribution is 5.85. The minimum absolute atomic E-state index is 0.250. The molecule has 0 spiro atoms. The van der Waals surface area contributed by atoms with E-state index in [1.54, 1.807) is 0 Å². The lowest BCUT2D eigenvalue weighted by molar-refractivity contribution is -0.141. The second-order valence-corrected chi connectivity index (χ2v) is 8.73. The van der Waals surface area contributed by atoms with Gasteiger partial charge in [-0.05, 0) is 82.1 Å². The maximum absolute atomic E-state index is 12.7. The molecule has 3 heteroatoms. The molecule has 4 rings (SSSR count). The number of rotatable bonds is 5. The SMILES string of the molecule is CCNC(C)(C)C(=O)N(C)CC12CC3CC(CC(C3)C1)C2. The van der Waals surface area contributed by atoms with E-state index >= 15 is 0 Å². The van der Waals surface area contributed by atoms with E-state index in [9.17, 15) is 4.79 Å². The van der Waals surface area contributed by atoms with Crippen LogP contribution in [0.2, 0.25) is 0 Å². The number of nitrogens with zero attached hydrogens (tertiary/aromatic N) is 1. The number of hydrogen-bond donors (Lipinski definition) is 1. The maximum atomic E-state index is 12.7. The van der Waals surface area contributed by atoms with Crippen LogP contribution in [-0.2, 0) is 4.79 Å². The largest absolute Gasteiger partial charge is 0.344 e. The van der Waals surface area contributed by atoms with Gasteiger partial charge in [-0.1, -0.05) is 6.92 Å². The fraction of sp³-hybridized carbons (Fsp3) is 0.944. The van der Waals surface area contributed by atoms with Crippen LogP contribution in [0.4, 0.5) is 0 Å². The van der Waals surface area contributed by atoms with Crippen LogP contribution in [0.5, 0.6) is 0 Å². The third-order valence-electron chi connectivity index (χ3n) is 6.24. The van der Waals surface area contributed by atoms with E-state index in [-0.39, 0.29) is 5.91 Å². The third-order valence-corrected chi connectivity index (χ3v) is 6.24. The van der Waals surface area contributed by atoms with Gasteiger partial charge in [-0.2, -0.15) is 0 Å². The normalized spacial score (nSPS) is 37.8. The van der Waals surface area contributed by atoms with Crippen LogP contribution in [0.1, 0.15) is 59.3 Å². The summed E-state index contributed by atoms with van der Waals surface area (Å²) in [5.74, 6) is 3.13. The quantitative estimate of drug-likeness (QED) is 0.844. The van der Waals surface area contributed by atoms with Gasteiger partial charge in [-0.3, -0.25) is 4.79 Å². The molecule has 1 N–H and O–H groups in total. The summed E-state index contributed by atoms with van der Waals surface area (Å²) < 4.78 is 0. The average Bonchev–Trinajstić information content (AvgIpc) is 2.35. The van der Waals surface area contributed by atoms with Gasteiger partial charge in [0.1, 0.15) is 0 Å². The summed E-state index contributed by atoms with van der Waals surface area (Å²) in [5, 5.41) is 3.32. The lowest BCUT2D eigenvalue weighted by Gasteiger charge is -2.57. The second kappa shape index (κ2) is 5.26. The number of carbonyl (C=O) groups excluding carboxylic acids is 1. The summed E-state index contributed by atoms with van der Waals surface area (Å²) in [4.78, 5) is 14.8. The van der Waals surface area contributed by atoms with Gasteiger partial charge in [-0.25, -0.2) is 0 Å². The summed E-state index contributed by atoms with van der Waals surface area (Å²) in [7, 11) is 2.01. The molecule has 120 valence electrons. The zero-order valence-electron chi connectivity index (χ0n) is 14.2. The molecule has 1 amide bonds. The Morgan fingerprint density at radius 1 is 1.14 bits per heavy atom. The van der Waals surface area contributed by atoms with E-state index in [0.29, 0.717) is 5.41 Å². The van der Waals surface area contributed by atoms with Crippen molar-refractivity contribution in [1.29, 1.82) is 0 Å². The molecule has 0 aromatic rings. The van der Waals surface area contributed by atoms with Crippen molar-refractivity contribution in [1.82, 2.24) is 10.2 Å². The first-order valence-corrected chi connectivity index (χ1v) is 8.84. The van der Waals surface area contributed by atoms with Gasteiger partial charge in [0, 0.05) is 13.6 Å². The molecule has 3 nitrogen and oxygen atoms in total. The Bertz CT molecular complexity index is 380. The molecule has 0 unspecified atom stereocenters. The first-order chi connectivity index (χ1) is 9.83. The molecule has 0 aromatic heterocycles. The molecule has 4 fully saturated rings. The molecule has 0 atom stereocenters. The summed E-state index contributed by atoms with van der Waals surface area (Å²) in [5.41, 5.74) is 0.00719. The molecule has 0 saturated heterocycles. The average molecular weight is 292 g/mol. The van der Waals surface area contributed by atoms with Crippen molar-refractivity contribution in [2.24, 2.45) is 23.2 Å². The van der Waals surface area contributed by atoms with Gasteiger partial charge in [0.25, 0.3) is 0 Å². The molecule has 21 heavy (non-hydrogen) atoms. The minimum atomic E-state index is -0.439.